The van der Waals surface area contributed by atoms with Crippen molar-refractivity contribution in [2.24, 2.45) is 4.99 Å². The van der Waals surface area contributed by atoms with Crippen molar-refractivity contribution in [3.63, 3.8) is 0 Å². The van der Waals surface area contributed by atoms with Crippen molar-refractivity contribution in [1.29, 1.82) is 0 Å². The van der Waals surface area contributed by atoms with Crippen molar-refractivity contribution in [2.75, 3.05) is 0 Å². The predicted octanol–water partition coefficient (Wildman–Crippen LogP) is 5.63. The van der Waals surface area contributed by atoms with Gasteiger partial charge in [-0.3, -0.25) is 4.99 Å². The van der Waals surface area contributed by atoms with E-state index in [1.54, 1.807) is 0 Å². The van der Waals surface area contributed by atoms with Gasteiger partial charge in [-0.15, -0.1) is 0 Å². The van der Waals surface area contributed by atoms with E-state index in [1.807, 2.05) is 30.5 Å². The van der Waals surface area contributed by atoms with Crippen molar-refractivity contribution in [3.05, 3.63) is 69.9 Å². The van der Waals surface area contributed by atoms with Crippen LogP contribution in [0.4, 0.5) is 0 Å². The number of H-pyrrole nitrogens is 1. The topological polar surface area (TPSA) is 28.1 Å². The third kappa shape index (κ3) is 2.79. The molecule has 23 heavy (non-hydrogen) atoms. The number of fused-ring (bicyclic) bond motifs is 3. The molecule has 0 saturated carbocycles. The molecule has 1 heterocycles. The van der Waals surface area contributed by atoms with Crippen molar-refractivity contribution in [1.82, 2.24) is 4.98 Å². The molecular weight excluding hydrogens is 304 g/mol. The Labute approximate surface area is 141 Å². The zero-order valence-electron chi connectivity index (χ0n) is 13.1. The van der Waals surface area contributed by atoms with Gasteiger partial charge in [0.15, 0.2) is 0 Å². The average molecular weight is 323 g/mol. The molecule has 0 radical (unpaired) electrons. The van der Waals surface area contributed by atoms with Gasteiger partial charge in [-0.05, 0) is 61.6 Å². The normalized spacial score (nSPS) is 17.7. The van der Waals surface area contributed by atoms with Crippen LogP contribution in [0.1, 0.15) is 41.3 Å². The largest absolute Gasteiger partial charge is 0.356 e. The highest BCUT2D eigenvalue weighted by Gasteiger charge is 2.23. The summed E-state index contributed by atoms with van der Waals surface area (Å²) in [5.41, 5.74) is 6.38. The third-order valence-electron chi connectivity index (χ3n) is 4.61. The Bertz CT molecular complexity index is 875. The van der Waals surface area contributed by atoms with Crippen LogP contribution in [0, 0.1) is 6.92 Å². The lowest BCUT2D eigenvalue weighted by atomic mass is 9.92. The number of aromatic amines is 1. The maximum absolute atomic E-state index is 5.94. The number of halogens is 1. The minimum Gasteiger partial charge on any atom is -0.356 e. The van der Waals surface area contributed by atoms with Gasteiger partial charge in [-0.2, -0.15) is 0 Å². The van der Waals surface area contributed by atoms with Crippen molar-refractivity contribution < 1.29 is 0 Å². The van der Waals surface area contributed by atoms with E-state index >= 15 is 0 Å². The molecular formula is C20H19ClN2. The van der Waals surface area contributed by atoms with Gasteiger partial charge in [-0.1, -0.05) is 35.4 Å². The minimum atomic E-state index is 0.224. The fourth-order valence-corrected chi connectivity index (χ4v) is 3.55. The van der Waals surface area contributed by atoms with E-state index in [2.05, 4.69) is 30.1 Å². The number of aliphatic imine (C=N–C) groups is 1. The monoisotopic (exact) mass is 322 g/mol. The maximum Gasteiger partial charge on any atom is 0.0900 e. The second kappa shape index (κ2) is 5.86. The quantitative estimate of drug-likeness (QED) is 0.593. The summed E-state index contributed by atoms with van der Waals surface area (Å²) < 4.78 is 0. The van der Waals surface area contributed by atoms with Crippen LogP contribution in [0.15, 0.2) is 47.5 Å². The molecule has 0 unspecified atom stereocenters. The lowest BCUT2D eigenvalue weighted by molar-refractivity contribution is 0.566. The summed E-state index contributed by atoms with van der Waals surface area (Å²) in [6, 6.07) is 14.7. The summed E-state index contributed by atoms with van der Waals surface area (Å²) in [6.07, 6.45) is 5.40. The molecule has 2 nitrogen and oxygen atoms in total. The van der Waals surface area contributed by atoms with E-state index in [0.29, 0.717) is 0 Å². The molecule has 0 amide bonds. The van der Waals surface area contributed by atoms with E-state index in [4.69, 9.17) is 16.6 Å². The van der Waals surface area contributed by atoms with Gasteiger partial charge in [-0.25, -0.2) is 0 Å². The van der Waals surface area contributed by atoms with Gasteiger partial charge in [0.1, 0.15) is 0 Å². The van der Waals surface area contributed by atoms with Gasteiger partial charge in [0, 0.05) is 27.8 Å². The van der Waals surface area contributed by atoms with Gasteiger partial charge in [0.2, 0.25) is 0 Å². The summed E-state index contributed by atoms with van der Waals surface area (Å²) in [7, 11) is 0. The number of hydrogen-bond acceptors (Lipinski definition) is 1. The Kier molecular flexibility index (Phi) is 3.70. The van der Waals surface area contributed by atoms with Crippen molar-refractivity contribution in [3.8, 4) is 0 Å². The van der Waals surface area contributed by atoms with E-state index in [1.165, 1.54) is 34.1 Å². The molecule has 2 aromatic carbocycles. The Morgan fingerprint density at radius 1 is 1.17 bits per heavy atom. The first-order valence-corrected chi connectivity index (χ1v) is 8.48. The minimum absolute atomic E-state index is 0.224. The third-order valence-corrected chi connectivity index (χ3v) is 4.86. The number of hydrogen-bond donors (Lipinski definition) is 1. The predicted molar refractivity (Wildman–Crippen MR) is 97.8 cm³/mol. The van der Waals surface area contributed by atoms with E-state index < -0.39 is 0 Å². The van der Waals surface area contributed by atoms with Crippen LogP contribution in [0.25, 0.3) is 10.9 Å². The Hall–Kier alpha value is -2.06. The lowest BCUT2D eigenvalue weighted by Crippen LogP contribution is -2.07. The smallest absolute Gasteiger partial charge is 0.0900 e. The Morgan fingerprint density at radius 2 is 2.00 bits per heavy atom. The number of aryl methyl sites for hydroxylation is 2. The zero-order valence-corrected chi connectivity index (χ0v) is 13.9. The second-order valence-corrected chi connectivity index (χ2v) is 6.74. The van der Waals surface area contributed by atoms with Crippen LogP contribution in [-0.2, 0) is 6.42 Å². The summed E-state index contributed by atoms with van der Waals surface area (Å²) in [5.74, 6) is 0. The van der Waals surface area contributed by atoms with Crippen molar-refractivity contribution in [2.45, 2.75) is 32.2 Å². The molecule has 0 aliphatic heterocycles. The highest BCUT2D eigenvalue weighted by molar-refractivity contribution is 6.30. The molecule has 0 bridgehead atoms. The van der Waals surface area contributed by atoms with E-state index in [0.717, 1.165) is 23.4 Å². The van der Waals surface area contributed by atoms with Crippen LogP contribution >= 0.6 is 11.6 Å². The first-order chi connectivity index (χ1) is 11.2. The average Bonchev–Trinajstić information content (AvgIpc) is 2.93. The number of benzene rings is 2. The molecule has 116 valence electrons. The molecule has 0 saturated heterocycles. The van der Waals surface area contributed by atoms with Crippen molar-refractivity contribution >= 4 is 28.7 Å². The molecule has 4 rings (SSSR count). The SMILES string of the molecule is Cc1ccc2[nH]c3c(c2c1)CCC[C@@H]3N=Cc1ccc(Cl)cc1. The molecule has 1 atom stereocenters. The van der Waals surface area contributed by atoms with Gasteiger partial charge in [0.25, 0.3) is 0 Å². The standard InChI is InChI=1S/C20H19ClN2/c1-13-5-10-18-17(11-13)16-3-2-4-19(20(16)23-18)22-12-14-6-8-15(21)9-7-14/h5-12,19,23H,2-4H2,1H3/t19-/m0/s1. The van der Waals surface area contributed by atoms with E-state index in [9.17, 15) is 0 Å². The van der Waals surface area contributed by atoms with Crippen LogP contribution < -0.4 is 0 Å². The number of nitrogens with one attached hydrogen (secondary N) is 1. The van der Waals surface area contributed by atoms with Crippen LogP contribution in [0.3, 0.4) is 0 Å². The molecule has 0 fully saturated rings. The first kappa shape index (κ1) is 14.5. The van der Waals surface area contributed by atoms with Crippen LogP contribution in [0.5, 0.6) is 0 Å². The summed E-state index contributed by atoms with van der Waals surface area (Å²) in [4.78, 5) is 8.45. The fraction of sp³-hybridized carbons (Fsp3) is 0.250. The summed E-state index contributed by atoms with van der Waals surface area (Å²) >= 11 is 5.94. The number of nitrogens with zero attached hydrogens (tertiary/aromatic N) is 1. The molecule has 0 spiro atoms. The first-order valence-electron chi connectivity index (χ1n) is 8.10. The maximum atomic E-state index is 5.94. The van der Waals surface area contributed by atoms with Gasteiger partial charge >= 0.3 is 0 Å². The molecule has 3 heteroatoms. The fourth-order valence-electron chi connectivity index (χ4n) is 3.43. The van der Waals surface area contributed by atoms with E-state index in [-0.39, 0.29) is 6.04 Å². The highest BCUT2D eigenvalue weighted by atomic mass is 35.5. The second-order valence-electron chi connectivity index (χ2n) is 6.30. The van der Waals surface area contributed by atoms with Gasteiger partial charge in [0.05, 0.1) is 6.04 Å². The van der Waals surface area contributed by atoms with Gasteiger partial charge < -0.3 is 4.98 Å². The Balaban J connectivity index is 1.70. The lowest BCUT2D eigenvalue weighted by Gasteiger charge is -2.19. The molecule has 3 aromatic rings. The molecule has 1 N–H and O–H groups in total. The Morgan fingerprint density at radius 3 is 2.83 bits per heavy atom. The number of rotatable bonds is 2. The van der Waals surface area contributed by atoms with Crippen LogP contribution in [-0.4, -0.2) is 11.2 Å². The highest BCUT2D eigenvalue weighted by Crippen LogP contribution is 2.37. The molecule has 1 aliphatic carbocycles. The van der Waals surface area contributed by atoms with Crippen LogP contribution in [0.2, 0.25) is 5.02 Å². The molecule has 1 aromatic heterocycles. The molecule has 1 aliphatic rings. The summed E-state index contributed by atoms with van der Waals surface area (Å²) in [5, 5.41) is 2.12. The number of aromatic nitrogens is 1. The zero-order chi connectivity index (χ0) is 15.8. The summed E-state index contributed by atoms with van der Waals surface area (Å²) in [6.45, 7) is 2.15.